The van der Waals surface area contributed by atoms with E-state index in [1.165, 1.54) is 13.2 Å². The summed E-state index contributed by atoms with van der Waals surface area (Å²) in [6.07, 6.45) is 3.02. The van der Waals surface area contributed by atoms with Crippen molar-refractivity contribution in [1.29, 1.82) is 0 Å². The average molecular weight is 480 g/mol. The number of piperazine rings is 1. The minimum absolute atomic E-state index is 0.0291. The Morgan fingerprint density at radius 1 is 1.14 bits per heavy atom. The second-order valence-electron chi connectivity index (χ2n) is 9.54. The molecule has 35 heavy (non-hydrogen) atoms. The first kappa shape index (κ1) is 24.2. The molecule has 0 N–H and O–H groups in total. The number of methoxy groups -OCH3 is 1. The quantitative estimate of drug-likeness (QED) is 0.392. The molecule has 0 bridgehead atoms. The number of hydrogen-bond donors (Lipinski definition) is 0. The van der Waals surface area contributed by atoms with Crippen LogP contribution in [0.2, 0.25) is 0 Å². The van der Waals surface area contributed by atoms with Crippen LogP contribution in [0.15, 0.2) is 42.7 Å². The van der Waals surface area contributed by atoms with E-state index in [1.807, 2.05) is 45.0 Å². The third-order valence-corrected chi connectivity index (χ3v) is 5.86. The van der Waals surface area contributed by atoms with E-state index in [4.69, 9.17) is 9.47 Å². The van der Waals surface area contributed by atoms with E-state index < -0.39 is 10.5 Å². The van der Waals surface area contributed by atoms with Gasteiger partial charge < -0.3 is 19.3 Å². The van der Waals surface area contributed by atoms with Crippen LogP contribution in [0.3, 0.4) is 0 Å². The van der Waals surface area contributed by atoms with Gasteiger partial charge in [0.1, 0.15) is 5.60 Å². The van der Waals surface area contributed by atoms with Crippen LogP contribution in [0.4, 0.5) is 16.2 Å². The lowest BCUT2D eigenvalue weighted by atomic mass is 10.0. The summed E-state index contributed by atoms with van der Waals surface area (Å²) in [5, 5.41) is 12.4. The highest BCUT2D eigenvalue weighted by molar-refractivity contribution is 5.95. The molecule has 1 aliphatic rings. The van der Waals surface area contributed by atoms with Gasteiger partial charge in [0.05, 0.1) is 17.5 Å². The predicted octanol–water partition coefficient (Wildman–Crippen LogP) is 4.66. The molecule has 0 aliphatic carbocycles. The minimum Gasteiger partial charge on any atom is -0.476 e. The Balaban J connectivity index is 1.65. The molecule has 1 aliphatic heterocycles. The molecule has 3 heterocycles. The number of amides is 1. The maximum Gasteiger partial charge on any atom is 0.410 e. The van der Waals surface area contributed by atoms with Crippen LogP contribution in [0.1, 0.15) is 27.7 Å². The topological polar surface area (TPSA) is 111 Å². The van der Waals surface area contributed by atoms with E-state index in [-0.39, 0.29) is 23.7 Å². The SMILES string of the molecule is COc1ncc(-c2ccc3nccc(N4CCN(C(=O)OC(C)(C)C)CC4C)c3c2)cc1[N+](=O)[O-]. The number of rotatable bonds is 4. The summed E-state index contributed by atoms with van der Waals surface area (Å²) in [7, 11) is 1.35. The van der Waals surface area contributed by atoms with Crippen molar-refractivity contribution in [2.75, 3.05) is 31.6 Å². The number of aromatic nitrogens is 2. The summed E-state index contributed by atoms with van der Waals surface area (Å²) in [5.41, 5.74) is 2.46. The lowest BCUT2D eigenvalue weighted by Crippen LogP contribution is -2.54. The van der Waals surface area contributed by atoms with Crippen molar-refractivity contribution in [3.8, 4) is 17.0 Å². The Morgan fingerprint density at radius 2 is 1.91 bits per heavy atom. The molecule has 10 heteroatoms. The summed E-state index contributed by atoms with van der Waals surface area (Å²) < 4.78 is 10.6. The molecular formula is C25H29N5O5. The molecule has 4 rings (SSSR count). The van der Waals surface area contributed by atoms with E-state index >= 15 is 0 Å². The molecule has 1 amide bonds. The molecule has 0 saturated carbocycles. The molecule has 184 valence electrons. The van der Waals surface area contributed by atoms with Gasteiger partial charge in [-0.3, -0.25) is 15.1 Å². The highest BCUT2D eigenvalue weighted by Crippen LogP contribution is 2.34. The van der Waals surface area contributed by atoms with Crippen LogP contribution in [0.25, 0.3) is 22.0 Å². The standard InChI is InChI=1S/C25H29N5O5/c1-16-15-28(24(31)35-25(2,3)4)10-11-29(16)21-8-9-26-20-7-6-17(12-19(20)21)18-13-22(30(32)33)23(34-5)27-14-18/h6-9,12-14,16H,10-11,15H2,1-5H3. The van der Waals surface area contributed by atoms with Crippen molar-refractivity contribution in [2.45, 2.75) is 39.3 Å². The number of nitro groups is 1. The van der Waals surface area contributed by atoms with Gasteiger partial charge in [-0.1, -0.05) is 6.07 Å². The number of ether oxygens (including phenoxy) is 2. The zero-order valence-electron chi connectivity index (χ0n) is 20.5. The fourth-order valence-corrected chi connectivity index (χ4v) is 4.26. The number of pyridine rings is 2. The van der Waals surface area contributed by atoms with Gasteiger partial charge in [0.25, 0.3) is 5.88 Å². The Labute approximate surface area is 203 Å². The molecule has 1 aromatic carbocycles. The molecule has 0 radical (unpaired) electrons. The van der Waals surface area contributed by atoms with Gasteiger partial charge >= 0.3 is 11.8 Å². The molecule has 3 aromatic rings. The zero-order chi connectivity index (χ0) is 25.3. The number of carbonyl (C=O) groups excluding carboxylic acids is 1. The number of anilines is 1. The Kier molecular flexibility index (Phi) is 6.47. The third kappa shape index (κ3) is 5.11. The Bertz CT molecular complexity index is 1270. The summed E-state index contributed by atoms with van der Waals surface area (Å²) in [4.78, 5) is 36.1. The maximum atomic E-state index is 12.5. The van der Waals surface area contributed by atoms with Crippen LogP contribution in [0, 0.1) is 10.1 Å². The van der Waals surface area contributed by atoms with Gasteiger partial charge in [-0.05, 0) is 51.5 Å². The normalized spacial score (nSPS) is 16.3. The lowest BCUT2D eigenvalue weighted by Gasteiger charge is -2.41. The fourth-order valence-electron chi connectivity index (χ4n) is 4.26. The van der Waals surface area contributed by atoms with Gasteiger partial charge in [-0.2, -0.15) is 0 Å². The predicted molar refractivity (Wildman–Crippen MR) is 133 cm³/mol. The van der Waals surface area contributed by atoms with Crippen LogP contribution in [-0.2, 0) is 4.74 Å². The van der Waals surface area contributed by atoms with Crippen molar-refractivity contribution in [3.05, 3.63) is 52.8 Å². The van der Waals surface area contributed by atoms with Gasteiger partial charge in [0.2, 0.25) is 0 Å². The number of carbonyl (C=O) groups is 1. The number of hydrogen-bond acceptors (Lipinski definition) is 8. The van der Waals surface area contributed by atoms with Crippen molar-refractivity contribution < 1.29 is 19.2 Å². The van der Waals surface area contributed by atoms with E-state index in [9.17, 15) is 14.9 Å². The van der Waals surface area contributed by atoms with Crippen LogP contribution in [0.5, 0.6) is 5.88 Å². The maximum absolute atomic E-state index is 12.5. The van der Waals surface area contributed by atoms with E-state index in [1.54, 1.807) is 17.3 Å². The smallest absolute Gasteiger partial charge is 0.410 e. The number of nitrogens with zero attached hydrogens (tertiary/aromatic N) is 5. The molecule has 1 atom stereocenters. The zero-order valence-corrected chi connectivity index (χ0v) is 20.5. The lowest BCUT2D eigenvalue weighted by molar-refractivity contribution is -0.386. The molecule has 2 aromatic heterocycles. The molecular weight excluding hydrogens is 450 g/mol. The molecule has 1 saturated heterocycles. The molecule has 0 spiro atoms. The van der Waals surface area contributed by atoms with E-state index in [0.29, 0.717) is 25.2 Å². The van der Waals surface area contributed by atoms with Gasteiger partial charge in [-0.25, -0.2) is 9.78 Å². The minimum atomic E-state index is -0.541. The summed E-state index contributed by atoms with van der Waals surface area (Å²) >= 11 is 0. The van der Waals surface area contributed by atoms with Gasteiger partial charge in [-0.15, -0.1) is 0 Å². The molecule has 1 unspecified atom stereocenters. The van der Waals surface area contributed by atoms with Crippen molar-refractivity contribution in [1.82, 2.24) is 14.9 Å². The number of fused-ring (bicyclic) bond motifs is 1. The first-order chi connectivity index (χ1) is 16.6. The summed E-state index contributed by atoms with van der Waals surface area (Å²) in [6, 6.07) is 9.21. The first-order valence-electron chi connectivity index (χ1n) is 11.4. The Morgan fingerprint density at radius 3 is 2.57 bits per heavy atom. The fraction of sp³-hybridized carbons (Fsp3) is 0.400. The highest BCUT2D eigenvalue weighted by atomic mass is 16.6. The van der Waals surface area contributed by atoms with Gasteiger partial charge in [0.15, 0.2) is 0 Å². The largest absolute Gasteiger partial charge is 0.476 e. The van der Waals surface area contributed by atoms with Gasteiger partial charge in [0, 0.05) is 60.8 Å². The third-order valence-electron chi connectivity index (χ3n) is 5.86. The Hall–Kier alpha value is -3.95. The van der Waals surface area contributed by atoms with E-state index in [0.717, 1.165) is 22.2 Å². The van der Waals surface area contributed by atoms with Crippen LogP contribution < -0.4 is 9.64 Å². The highest BCUT2D eigenvalue weighted by Gasteiger charge is 2.30. The average Bonchev–Trinajstić information content (AvgIpc) is 2.82. The second-order valence-corrected chi connectivity index (χ2v) is 9.54. The molecule has 10 nitrogen and oxygen atoms in total. The second kappa shape index (κ2) is 9.36. The first-order valence-corrected chi connectivity index (χ1v) is 11.4. The van der Waals surface area contributed by atoms with Crippen molar-refractivity contribution in [3.63, 3.8) is 0 Å². The van der Waals surface area contributed by atoms with E-state index in [2.05, 4.69) is 21.8 Å². The van der Waals surface area contributed by atoms with Crippen LogP contribution >= 0.6 is 0 Å². The summed E-state index contributed by atoms with van der Waals surface area (Å²) in [5.74, 6) is -0.0291. The van der Waals surface area contributed by atoms with Crippen LogP contribution in [-0.4, -0.2) is 64.3 Å². The van der Waals surface area contributed by atoms with Crippen molar-refractivity contribution >= 4 is 28.4 Å². The molecule has 1 fully saturated rings. The summed E-state index contributed by atoms with van der Waals surface area (Å²) in [6.45, 7) is 9.36. The monoisotopic (exact) mass is 479 g/mol. The van der Waals surface area contributed by atoms with Crippen molar-refractivity contribution in [2.24, 2.45) is 0 Å². The number of benzene rings is 1.